The second-order valence-corrected chi connectivity index (χ2v) is 4.70. The van der Waals surface area contributed by atoms with Gasteiger partial charge in [0.15, 0.2) is 5.82 Å². The molecular formula is C13H16N6O2. The minimum absolute atomic E-state index is 0.460. The second-order valence-electron chi connectivity index (χ2n) is 4.70. The first kappa shape index (κ1) is 13.3. The van der Waals surface area contributed by atoms with Crippen LogP contribution < -0.4 is 10.2 Å². The lowest BCUT2D eigenvalue weighted by atomic mass is 10.3. The maximum atomic E-state index is 10.7. The summed E-state index contributed by atoms with van der Waals surface area (Å²) in [4.78, 5) is 19.0. The third-order valence-electron chi connectivity index (χ3n) is 3.33. The summed E-state index contributed by atoms with van der Waals surface area (Å²) in [5.41, 5.74) is 0. The van der Waals surface area contributed by atoms with Gasteiger partial charge in [-0.3, -0.25) is 4.79 Å². The zero-order chi connectivity index (χ0) is 14.5. The Balaban J connectivity index is 1.61. The van der Waals surface area contributed by atoms with Crippen molar-refractivity contribution in [3.8, 4) is 0 Å². The molecule has 0 aromatic carbocycles. The zero-order valence-electron chi connectivity index (χ0n) is 11.5. The molecule has 0 radical (unpaired) electrons. The molecule has 1 fully saturated rings. The van der Waals surface area contributed by atoms with Gasteiger partial charge in [0.2, 0.25) is 12.4 Å². The first-order valence-electron chi connectivity index (χ1n) is 6.75. The standard InChI is InChI=1S/C13H16N6O2/c20-10-18-3-5-19(6-4-18)12-9-15-17-13(16-12)14-8-11-2-1-7-21-11/h1-2,7,9-10H,3-6,8H2,(H,14,16,17). The number of anilines is 2. The number of nitrogens with zero attached hydrogens (tertiary/aromatic N) is 5. The zero-order valence-corrected chi connectivity index (χ0v) is 11.5. The molecule has 0 bridgehead atoms. The topological polar surface area (TPSA) is 87.4 Å². The summed E-state index contributed by atoms with van der Waals surface area (Å²) < 4.78 is 5.24. The highest BCUT2D eigenvalue weighted by molar-refractivity contribution is 5.49. The van der Waals surface area contributed by atoms with Crippen LogP contribution in [0.4, 0.5) is 11.8 Å². The third-order valence-corrected chi connectivity index (χ3v) is 3.33. The summed E-state index contributed by atoms with van der Waals surface area (Å²) in [6, 6.07) is 3.71. The van der Waals surface area contributed by atoms with E-state index in [0.29, 0.717) is 25.6 Å². The van der Waals surface area contributed by atoms with Gasteiger partial charge in [-0.1, -0.05) is 0 Å². The van der Waals surface area contributed by atoms with Gasteiger partial charge in [0.1, 0.15) is 5.76 Å². The number of carbonyl (C=O) groups excluding carboxylic acids is 1. The van der Waals surface area contributed by atoms with E-state index in [0.717, 1.165) is 31.1 Å². The largest absolute Gasteiger partial charge is 0.467 e. The van der Waals surface area contributed by atoms with Crippen molar-refractivity contribution in [2.75, 3.05) is 36.4 Å². The smallest absolute Gasteiger partial charge is 0.245 e. The summed E-state index contributed by atoms with van der Waals surface area (Å²) in [5, 5.41) is 11.0. The van der Waals surface area contributed by atoms with Gasteiger partial charge in [-0.2, -0.15) is 10.1 Å². The summed E-state index contributed by atoms with van der Waals surface area (Å²) in [6.45, 7) is 3.40. The molecule has 2 aromatic heterocycles. The molecule has 1 aliphatic rings. The Bertz CT molecular complexity index is 580. The molecule has 0 saturated carbocycles. The van der Waals surface area contributed by atoms with Crippen LogP contribution in [0.15, 0.2) is 29.0 Å². The van der Waals surface area contributed by atoms with E-state index in [4.69, 9.17) is 4.42 Å². The second kappa shape index (κ2) is 6.21. The van der Waals surface area contributed by atoms with Crippen molar-refractivity contribution in [1.29, 1.82) is 0 Å². The fourth-order valence-corrected chi connectivity index (χ4v) is 2.16. The molecule has 1 saturated heterocycles. The number of hydrogen-bond acceptors (Lipinski definition) is 7. The molecule has 21 heavy (non-hydrogen) atoms. The molecule has 1 amide bonds. The lowest BCUT2D eigenvalue weighted by Crippen LogP contribution is -2.46. The van der Waals surface area contributed by atoms with Crippen molar-refractivity contribution in [3.63, 3.8) is 0 Å². The Morgan fingerprint density at radius 1 is 1.33 bits per heavy atom. The summed E-state index contributed by atoms with van der Waals surface area (Å²) >= 11 is 0. The van der Waals surface area contributed by atoms with Crippen LogP contribution in [-0.4, -0.2) is 52.7 Å². The highest BCUT2D eigenvalue weighted by Crippen LogP contribution is 2.13. The van der Waals surface area contributed by atoms with E-state index in [1.807, 2.05) is 12.1 Å². The first-order chi connectivity index (χ1) is 10.3. The van der Waals surface area contributed by atoms with Crippen LogP contribution >= 0.6 is 0 Å². The minimum atomic E-state index is 0.460. The van der Waals surface area contributed by atoms with Crippen LogP contribution in [0.2, 0.25) is 0 Å². The Kier molecular flexibility index (Phi) is 3.95. The predicted octanol–water partition coefficient (Wildman–Crippen LogP) is 0.355. The number of aromatic nitrogens is 3. The molecule has 2 aromatic rings. The molecule has 3 heterocycles. The maximum absolute atomic E-state index is 10.7. The highest BCUT2D eigenvalue weighted by Gasteiger charge is 2.17. The number of furan rings is 1. The number of nitrogens with one attached hydrogen (secondary N) is 1. The fraction of sp³-hybridized carbons (Fsp3) is 0.385. The summed E-state index contributed by atoms with van der Waals surface area (Å²) in [5.74, 6) is 2.03. The van der Waals surface area contributed by atoms with Crippen molar-refractivity contribution in [3.05, 3.63) is 30.4 Å². The molecule has 0 atom stereocenters. The van der Waals surface area contributed by atoms with Gasteiger partial charge in [-0.15, -0.1) is 5.10 Å². The SMILES string of the molecule is O=CN1CCN(c2cnnc(NCc3ccco3)n2)CC1. The van der Waals surface area contributed by atoms with Gasteiger partial charge < -0.3 is 19.5 Å². The van der Waals surface area contributed by atoms with Crippen LogP contribution in [0.1, 0.15) is 5.76 Å². The van der Waals surface area contributed by atoms with Crippen molar-refractivity contribution in [1.82, 2.24) is 20.1 Å². The Labute approximate surface area is 121 Å². The van der Waals surface area contributed by atoms with Crippen LogP contribution in [0.25, 0.3) is 0 Å². The van der Waals surface area contributed by atoms with E-state index in [9.17, 15) is 4.79 Å². The molecular weight excluding hydrogens is 272 g/mol. The number of amides is 1. The lowest BCUT2D eigenvalue weighted by Gasteiger charge is -2.33. The van der Waals surface area contributed by atoms with Crippen molar-refractivity contribution in [2.45, 2.75) is 6.54 Å². The quantitative estimate of drug-likeness (QED) is 0.794. The van der Waals surface area contributed by atoms with Crippen molar-refractivity contribution < 1.29 is 9.21 Å². The number of hydrogen-bond donors (Lipinski definition) is 1. The lowest BCUT2D eigenvalue weighted by molar-refractivity contribution is -0.118. The molecule has 110 valence electrons. The van der Waals surface area contributed by atoms with E-state index in [2.05, 4.69) is 25.4 Å². The van der Waals surface area contributed by atoms with Gasteiger partial charge in [0.25, 0.3) is 0 Å². The average Bonchev–Trinajstić information content (AvgIpc) is 3.07. The van der Waals surface area contributed by atoms with Crippen LogP contribution in [0, 0.1) is 0 Å². The van der Waals surface area contributed by atoms with E-state index in [1.165, 1.54) is 0 Å². The molecule has 8 nitrogen and oxygen atoms in total. The van der Waals surface area contributed by atoms with Gasteiger partial charge in [-0.25, -0.2) is 0 Å². The predicted molar refractivity (Wildman–Crippen MR) is 75.7 cm³/mol. The minimum Gasteiger partial charge on any atom is -0.467 e. The summed E-state index contributed by atoms with van der Waals surface area (Å²) in [6.07, 6.45) is 4.14. The monoisotopic (exact) mass is 288 g/mol. The molecule has 1 N–H and O–H groups in total. The molecule has 1 aliphatic heterocycles. The van der Waals surface area contributed by atoms with Crippen LogP contribution in [0.5, 0.6) is 0 Å². The Hall–Kier alpha value is -2.64. The highest BCUT2D eigenvalue weighted by atomic mass is 16.3. The normalized spacial score (nSPS) is 15.0. The van der Waals surface area contributed by atoms with E-state index < -0.39 is 0 Å². The maximum Gasteiger partial charge on any atom is 0.245 e. The fourth-order valence-electron chi connectivity index (χ4n) is 2.16. The van der Waals surface area contributed by atoms with Gasteiger partial charge >= 0.3 is 0 Å². The molecule has 0 aliphatic carbocycles. The molecule has 0 unspecified atom stereocenters. The van der Waals surface area contributed by atoms with Gasteiger partial charge in [-0.05, 0) is 12.1 Å². The van der Waals surface area contributed by atoms with Gasteiger partial charge in [0, 0.05) is 26.2 Å². The molecule has 0 spiro atoms. The van der Waals surface area contributed by atoms with E-state index in [1.54, 1.807) is 17.4 Å². The number of rotatable bonds is 5. The van der Waals surface area contributed by atoms with Crippen molar-refractivity contribution in [2.24, 2.45) is 0 Å². The molecule has 3 rings (SSSR count). The first-order valence-corrected chi connectivity index (χ1v) is 6.75. The number of carbonyl (C=O) groups is 1. The Morgan fingerprint density at radius 3 is 2.90 bits per heavy atom. The summed E-state index contributed by atoms with van der Waals surface area (Å²) in [7, 11) is 0. The molecule has 8 heteroatoms. The van der Waals surface area contributed by atoms with E-state index in [-0.39, 0.29) is 0 Å². The average molecular weight is 288 g/mol. The van der Waals surface area contributed by atoms with Gasteiger partial charge in [0.05, 0.1) is 19.0 Å². The Morgan fingerprint density at radius 2 is 2.19 bits per heavy atom. The van der Waals surface area contributed by atoms with Crippen LogP contribution in [0.3, 0.4) is 0 Å². The third kappa shape index (κ3) is 3.28. The van der Waals surface area contributed by atoms with Crippen molar-refractivity contribution >= 4 is 18.2 Å². The van der Waals surface area contributed by atoms with Crippen LogP contribution in [-0.2, 0) is 11.3 Å². The van der Waals surface area contributed by atoms with E-state index >= 15 is 0 Å². The number of piperazine rings is 1.